The molecule has 0 unspecified atom stereocenters. The zero-order valence-corrected chi connectivity index (χ0v) is 9.95. The molecule has 1 aliphatic carbocycles. The van der Waals surface area contributed by atoms with E-state index < -0.39 is 0 Å². The van der Waals surface area contributed by atoms with E-state index in [2.05, 4.69) is 17.1 Å². The number of thioether (sulfide) groups is 1. The zero-order chi connectivity index (χ0) is 9.64. The van der Waals surface area contributed by atoms with Gasteiger partial charge in [-0.05, 0) is 49.7 Å². The molecule has 1 saturated carbocycles. The van der Waals surface area contributed by atoms with Crippen molar-refractivity contribution in [3.05, 3.63) is 0 Å². The van der Waals surface area contributed by atoms with Gasteiger partial charge in [0.1, 0.15) is 0 Å². The summed E-state index contributed by atoms with van der Waals surface area (Å²) in [7, 11) is 0. The van der Waals surface area contributed by atoms with Crippen LogP contribution in [0.15, 0.2) is 0 Å². The van der Waals surface area contributed by atoms with E-state index in [1.54, 1.807) is 0 Å². The Hall–Kier alpha value is 0.310. The number of hydrogen-bond acceptors (Lipinski definition) is 2. The second-order valence-electron chi connectivity index (χ2n) is 4.80. The summed E-state index contributed by atoms with van der Waals surface area (Å²) in [5.41, 5.74) is 0. The number of hydrogen-bond donors (Lipinski definition) is 1. The van der Waals surface area contributed by atoms with Crippen LogP contribution in [0, 0.1) is 5.92 Å². The van der Waals surface area contributed by atoms with E-state index in [-0.39, 0.29) is 0 Å². The molecule has 0 atom stereocenters. The van der Waals surface area contributed by atoms with Crippen molar-refractivity contribution < 1.29 is 0 Å². The lowest BCUT2D eigenvalue weighted by molar-refractivity contribution is 0.322. The molecule has 1 nitrogen and oxygen atoms in total. The quantitative estimate of drug-likeness (QED) is 0.773. The van der Waals surface area contributed by atoms with Crippen LogP contribution in [-0.4, -0.2) is 24.1 Å². The fourth-order valence-electron chi connectivity index (χ4n) is 2.63. The number of nitrogens with one attached hydrogen (secondary N) is 1. The molecule has 2 aliphatic rings. The minimum Gasteiger partial charge on any atom is -0.314 e. The van der Waals surface area contributed by atoms with Crippen molar-refractivity contribution in [1.29, 1.82) is 0 Å². The second kappa shape index (κ2) is 6.02. The largest absolute Gasteiger partial charge is 0.314 e. The van der Waals surface area contributed by atoms with Gasteiger partial charge in [0.25, 0.3) is 0 Å². The highest BCUT2D eigenvalue weighted by atomic mass is 32.2. The summed E-state index contributed by atoms with van der Waals surface area (Å²) in [6.45, 7) is 1.30. The van der Waals surface area contributed by atoms with Crippen molar-refractivity contribution in [2.45, 2.75) is 51.0 Å². The molecular weight excluding hydrogens is 190 g/mol. The molecule has 1 heterocycles. The first-order valence-electron chi connectivity index (χ1n) is 6.26. The Morgan fingerprint density at radius 3 is 2.36 bits per heavy atom. The van der Waals surface area contributed by atoms with Gasteiger partial charge in [-0.2, -0.15) is 11.8 Å². The molecule has 14 heavy (non-hydrogen) atoms. The van der Waals surface area contributed by atoms with Crippen LogP contribution >= 0.6 is 11.8 Å². The Bertz CT molecular complexity index is 130. The van der Waals surface area contributed by atoms with E-state index in [0.29, 0.717) is 0 Å². The third-order valence-corrected chi connectivity index (χ3v) is 4.69. The van der Waals surface area contributed by atoms with Gasteiger partial charge in [-0.25, -0.2) is 0 Å². The van der Waals surface area contributed by atoms with Crippen LogP contribution in [0.1, 0.15) is 44.9 Å². The maximum Gasteiger partial charge on any atom is 0.00828 e. The van der Waals surface area contributed by atoms with Gasteiger partial charge in [0, 0.05) is 6.04 Å². The molecule has 0 aromatic heterocycles. The van der Waals surface area contributed by atoms with Crippen LogP contribution in [0.25, 0.3) is 0 Å². The highest BCUT2D eigenvalue weighted by Crippen LogP contribution is 2.23. The molecule has 0 amide bonds. The molecule has 0 bridgehead atoms. The molecule has 0 spiro atoms. The average Bonchev–Trinajstić information content (AvgIpc) is 2.29. The standard InChI is InChI=1S/C12H23NS/c1-2-4-11(5-3-1)10-13-12-6-8-14-9-7-12/h11-13H,1-10H2. The molecule has 0 radical (unpaired) electrons. The van der Waals surface area contributed by atoms with Crippen molar-refractivity contribution in [2.75, 3.05) is 18.1 Å². The monoisotopic (exact) mass is 213 g/mol. The first-order valence-corrected chi connectivity index (χ1v) is 7.42. The van der Waals surface area contributed by atoms with Gasteiger partial charge in [0.05, 0.1) is 0 Å². The van der Waals surface area contributed by atoms with Crippen LogP contribution in [0.4, 0.5) is 0 Å². The normalized spacial score (nSPS) is 26.6. The number of rotatable bonds is 3. The molecular formula is C12H23NS. The van der Waals surface area contributed by atoms with Crippen molar-refractivity contribution in [3.63, 3.8) is 0 Å². The Kier molecular flexibility index (Phi) is 4.65. The minimum absolute atomic E-state index is 0.846. The van der Waals surface area contributed by atoms with E-state index >= 15 is 0 Å². The summed E-state index contributed by atoms with van der Waals surface area (Å²) < 4.78 is 0. The molecule has 2 heteroatoms. The molecule has 0 aromatic rings. The molecule has 82 valence electrons. The second-order valence-corrected chi connectivity index (χ2v) is 6.02. The van der Waals surface area contributed by atoms with Gasteiger partial charge in [0.15, 0.2) is 0 Å². The molecule has 1 saturated heterocycles. The third-order valence-electron chi connectivity index (χ3n) is 3.64. The van der Waals surface area contributed by atoms with Crippen LogP contribution in [0.3, 0.4) is 0 Å². The molecule has 0 aromatic carbocycles. The first-order chi connectivity index (χ1) is 6.95. The summed E-state index contributed by atoms with van der Waals surface area (Å²) in [5, 5.41) is 3.78. The molecule has 1 N–H and O–H groups in total. The average molecular weight is 213 g/mol. The lowest BCUT2D eigenvalue weighted by Gasteiger charge is -2.27. The fourth-order valence-corrected chi connectivity index (χ4v) is 3.73. The van der Waals surface area contributed by atoms with Crippen molar-refractivity contribution in [3.8, 4) is 0 Å². The van der Waals surface area contributed by atoms with E-state index in [4.69, 9.17) is 0 Å². The minimum atomic E-state index is 0.846. The predicted molar refractivity (Wildman–Crippen MR) is 64.9 cm³/mol. The predicted octanol–water partition coefficient (Wildman–Crippen LogP) is 3.05. The summed E-state index contributed by atoms with van der Waals surface area (Å²) in [6.07, 6.45) is 10.2. The summed E-state index contributed by atoms with van der Waals surface area (Å²) in [5.74, 6) is 3.75. The smallest absolute Gasteiger partial charge is 0.00828 e. The van der Waals surface area contributed by atoms with Crippen LogP contribution in [-0.2, 0) is 0 Å². The molecule has 2 rings (SSSR count). The topological polar surface area (TPSA) is 12.0 Å². The van der Waals surface area contributed by atoms with Crippen molar-refractivity contribution in [1.82, 2.24) is 5.32 Å². The van der Waals surface area contributed by atoms with Gasteiger partial charge < -0.3 is 5.32 Å². The fraction of sp³-hybridized carbons (Fsp3) is 1.00. The third kappa shape index (κ3) is 3.47. The first kappa shape index (κ1) is 10.8. The van der Waals surface area contributed by atoms with Gasteiger partial charge >= 0.3 is 0 Å². The highest BCUT2D eigenvalue weighted by molar-refractivity contribution is 7.99. The lowest BCUT2D eigenvalue weighted by atomic mass is 9.89. The van der Waals surface area contributed by atoms with Gasteiger partial charge in [-0.15, -0.1) is 0 Å². The van der Waals surface area contributed by atoms with Gasteiger partial charge in [-0.3, -0.25) is 0 Å². The lowest BCUT2D eigenvalue weighted by Crippen LogP contribution is -2.36. The highest BCUT2D eigenvalue weighted by Gasteiger charge is 2.17. The Morgan fingerprint density at radius 2 is 1.64 bits per heavy atom. The van der Waals surface area contributed by atoms with Crippen molar-refractivity contribution >= 4 is 11.8 Å². The van der Waals surface area contributed by atoms with E-state index in [1.807, 2.05) is 0 Å². The maximum atomic E-state index is 3.78. The Morgan fingerprint density at radius 1 is 0.929 bits per heavy atom. The van der Waals surface area contributed by atoms with Crippen LogP contribution in [0.2, 0.25) is 0 Å². The van der Waals surface area contributed by atoms with E-state index in [0.717, 1.165) is 12.0 Å². The Labute approximate surface area is 92.4 Å². The van der Waals surface area contributed by atoms with E-state index in [9.17, 15) is 0 Å². The van der Waals surface area contributed by atoms with E-state index in [1.165, 1.54) is 63.0 Å². The van der Waals surface area contributed by atoms with Gasteiger partial charge in [-0.1, -0.05) is 19.3 Å². The summed E-state index contributed by atoms with van der Waals surface area (Å²) in [4.78, 5) is 0. The van der Waals surface area contributed by atoms with Crippen molar-refractivity contribution in [2.24, 2.45) is 5.92 Å². The van der Waals surface area contributed by atoms with Gasteiger partial charge in [0.2, 0.25) is 0 Å². The molecule has 2 fully saturated rings. The Balaban J connectivity index is 1.60. The van der Waals surface area contributed by atoms with Crippen LogP contribution < -0.4 is 5.32 Å². The maximum absolute atomic E-state index is 3.78. The summed E-state index contributed by atoms with van der Waals surface area (Å²) >= 11 is 2.12. The SMILES string of the molecule is C1CCC(CNC2CCSCC2)CC1. The van der Waals surface area contributed by atoms with Crippen LogP contribution in [0.5, 0.6) is 0 Å². The molecule has 1 aliphatic heterocycles. The zero-order valence-electron chi connectivity index (χ0n) is 9.13. The summed E-state index contributed by atoms with van der Waals surface area (Å²) in [6, 6.07) is 0.846.